The van der Waals surface area contributed by atoms with Crippen molar-refractivity contribution in [3.63, 3.8) is 0 Å². The normalized spacial score (nSPS) is 12.9. The van der Waals surface area contributed by atoms with Crippen molar-refractivity contribution in [3.8, 4) is 0 Å². The predicted molar refractivity (Wildman–Crippen MR) is 218 cm³/mol. The van der Waals surface area contributed by atoms with Gasteiger partial charge in [-0.25, -0.2) is 0 Å². The van der Waals surface area contributed by atoms with Gasteiger partial charge in [0.2, 0.25) is 5.91 Å². The quantitative estimate of drug-likeness (QED) is 0.0333. The molecule has 1 amide bonds. The Kier molecular flexibility index (Phi) is 39.8. The Morgan fingerprint density at radius 1 is 0.529 bits per heavy atom. The average molecular weight is 720 g/mol. The topological polar surface area (TPSA) is 95.9 Å². The SMILES string of the molecule is CCCCCC/C=C\CCCCCCCC(=O)OCCCCCCCCCCCCCCC(=O)NC(CO)C(O)/C=C/CCCCCCCCC. The first-order valence-corrected chi connectivity index (χ1v) is 22.1. The minimum atomic E-state index is -0.851. The summed E-state index contributed by atoms with van der Waals surface area (Å²) in [7, 11) is 0. The molecule has 0 radical (unpaired) electrons. The smallest absolute Gasteiger partial charge is 0.305 e. The van der Waals surface area contributed by atoms with E-state index in [1.54, 1.807) is 6.08 Å². The van der Waals surface area contributed by atoms with Crippen LogP contribution in [0.3, 0.4) is 0 Å². The van der Waals surface area contributed by atoms with Gasteiger partial charge in [-0.3, -0.25) is 9.59 Å². The van der Waals surface area contributed by atoms with E-state index in [0.29, 0.717) is 19.4 Å². The molecule has 0 heterocycles. The summed E-state index contributed by atoms with van der Waals surface area (Å²) in [5.74, 6) is -0.109. The number of hydrogen-bond donors (Lipinski definition) is 3. The molecule has 0 bridgehead atoms. The number of carbonyl (C=O) groups excluding carboxylic acids is 2. The first kappa shape index (κ1) is 49.3. The van der Waals surface area contributed by atoms with Gasteiger partial charge in [-0.05, 0) is 57.8 Å². The van der Waals surface area contributed by atoms with Gasteiger partial charge in [0.05, 0.1) is 25.4 Å². The number of esters is 1. The number of ether oxygens (including phenoxy) is 1. The highest BCUT2D eigenvalue weighted by molar-refractivity contribution is 5.76. The summed E-state index contributed by atoms with van der Waals surface area (Å²) in [6.07, 6.45) is 45.9. The zero-order chi connectivity index (χ0) is 37.3. The van der Waals surface area contributed by atoms with Crippen LogP contribution in [-0.2, 0) is 14.3 Å². The van der Waals surface area contributed by atoms with Crippen molar-refractivity contribution < 1.29 is 24.5 Å². The summed E-state index contributed by atoms with van der Waals surface area (Å²) >= 11 is 0. The van der Waals surface area contributed by atoms with Gasteiger partial charge >= 0.3 is 5.97 Å². The minimum Gasteiger partial charge on any atom is -0.466 e. The lowest BCUT2D eigenvalue weighted by Gasteiger charge is -2.20. The van der Waals surface area contributed by atoms with Crippen LogP contribution in [0.15, 0.2) is 24.3 Å². The Hall–Kier alpha value is -1.66. The summed E-state index contributed by atoms with van der Waals surface area (Å²) in [5.41, 5.74) is 0. The molecule has 6 heteroatoms. The van der Waals surface area contributed by atoms with Crippen LogP contribution in [0.2, 0.25) is 0 Å². The van der Waals surface area contributed by atoms with Crippen molar-refractivity contribution in [1.29, 1.82) is 0 Å². The fraction of sp³-hybridized carbons (Fsp3) is 0.867. The molecule has 0 rings (SSSR count). The minimum absolute atomic E-state index is 0.0214. The fourth-order valence-corrected chi connectivity index (χ4v) is 6.51. The number of rotatable bonds is 40. The van der Waals surface area contributed by atoms with Crippen molar-refractivity contribution >= 4 is 11.9 Å². The van der Waals surface area contributed by atoms with Crippen LogP contribution in [0.25, 0.3) is 0 Å². The highest BCUT2D eigenvalue weighted by atomic mass is 16.5. The number of aliphatic hydroxyl groups is 2. The van der Waals surface area contributed by atoms with Gasteiger partial charge < -0.3 is 20.3 Å². The van der Waals surface area contributed by atoms with Crippen molar-refractivity contribution in [2.45, 2.75) is 238 Å². The lowest BCUT2D eigenvalue weighted by molar-refractivity contribution is -0.143. The number of carbonyl (C=O) groups is 2. The van der Waals surface area contributed by atoms with Crippen molar-refractivity contribution in [2.75, 3.05) is 13.2 Å². The molecular weight excluding hydrogens is 634 g/mol. The molecule has 0 fully saturated rings. The van der Waals surface area contributed by atoms with Crippen LogP contribution in [0, 0.1) is 0 Å². The van der Waals surface area contributed by atoms with E-state index in [-0.39, 0.29) is 18.5 Å². The van der Waals surface area contributed by atoms with E-state index in [4.69, 9.17) is 4.74 Å². The third-order valence-electron chi connectivity index (χ3n) is 9.97. The maximum Gasteiger partial charge on any atom is 0.305 e. The molecule has 2 unspecified atom stereocenters. The van der Waals surface area contributed by atoms with Gasteiger partial charge in [0.25, 0.3) is 0 Å². The maximum absolute atomic E-state index is 12.3. The fourth-order valence-electron chi connectivity index (χ4n) is 6.51. The van der Waals surface area contributed by atoms with Gasteiger partial charge in [0.15, 0.2) is 0 Å². The molecule has 0 spiro atoms. The third kappa shape index (κ3) is 37.9. The van der Waals surface area contributed by atoms with Gasteiger partial charge in [0.1, 0.15) is 0 Å². The third-order valence-corrected chi connectivity index (χ3v) is 9.97. The maximum atomic E-state index is 12.3. The summed E-state index contributed by atoms with van der Waals surface area (Å²) in [5, 5.41) is 22.8. The first-order valence-electron chi connectivity index (χ1n) is 22.1. The van der Waals surface area contributed by atoms with E-state index in [0.717, 1.165) is 57.8 Å². The first-order chi connectivity index (χ1) is 25.0. The molecule has 0 aromatic heterocycles. The highest BCUT2D eigenvalue weighted by Gasteiger charge is 2.18. The summed E-state index contributed by atoms with van der Waals surface area (Å²) in [6.45, 7) is 4.80. The zero-order valence-corrected chi connectivity index (χ0v) is 33.8. The molecule has 6 nitrogen and oxygen atoms in total. The van der Waals surface area contributed by atoms with Crippen molar-refractivity contribution in [2.24, 2.45) is 0 Å². The van der Waals surface area contributed by atoms with Crippen molar-refractivity contribution in [1.82, 2.24) is 5.32 Å². The van der Waals surface area contributed by atoms with Crippen LogP contribution in [0.5, 0.6) is 0 Å². The molecule has 300 valence electrons. The monoisotopic (exact) mass is 720 g/mol. The van der Waals surface area contributed by atoms with Crippen LogP contribution < -0.4 is 5.32 Å². The van der Waals surface area contributed by atoms with Gasteiger partial charge in [-0.2, -0.15) is 0 Å². The molecule has 0 aliphatic carbocycles. The Morgan fingerprint density at radius 2 is 0.922 bits per heavy atom. The summed E-state index contributed by atoms with van der Waals surface area (Å²) in [4.78, 5) is 24.3. The molecular formula is C45H85NO5. The van der Waals surface area contributed by atoms with Crippen LogP contribution in [0.4, 0.5) is 0 Å². The van der Waals surface area contributed by atoms with Gasteiger partial charge in [0, 0.05) is 12.8 Å². The number of amides is 1. The predicted octanol–water partition coefficient (Wildman–Crippen LogP) is 12.4. The summed E-state index contributed by atoms with van der Waals surface area (Å²) < 4.78 is 5.43. The number of hydrogen-bond acceptors (Lipinski definition) is 5. The lowest BCUT2D eigenvalue weighted by Crippen LogP contribution is -2.45. The molecule has 2 atom stereocenters. The second-order valence-electron chi connectivity index (χ2n) is 15.0. The summed E-state index contributed by atoms with van der Waals surface area (Å²) in [6, 6.07) is -0.637. The Morgan fingerprint density at radius 3 is 1.41 bits per heavy atom. The zero-order valence-electron chi connectivity index (χ0n) is 33.8. The number of nitrogens with one attached hydrogen (secondary N) is 1. The van der Waals surface area contributed by atoms with E-state index in [1.165, 1.54) is 141 Å². The Bertz CT molecular complexity index is 797. The molecule has 0 saturated heterocycles. The molecule has 0 saturated carbocycles. The molecule has 51 heavy (non-hydrogen) atoms. The largest absolute Gasteiger partial charge is 0.466 e. The Balaban J connectivity index is 3.48. The van der Waals surface area contributed by atoms with Crippen LogP contribution in [-0.4, -0.2) is 47.4 Å². The van der Waals surface area contributed by atoms with E-state index < -0.39 is 12.1 Å². The number of allylic oxidation sites excluding steroid dienone is 3. The van der Waals surface area contributed by atoms with Crippen LogP contribution in [0.1, 0.15) is 226 Å². The molecule has 0 aliphatic heterocycles. The second kappa shape index (κ2) is 41.1. The second-order valence-corrected chi connectivity index (χ2v) is 15.0. The van der Waals surface area contributed by atoms with Gasteiger partial charge in [-0.15, -0.1) is 0 Å². The standard InChI is InChI=1S/C45H85NO5/c1-3-5-7-9-11-13-14-15-19-23-27-31-35-39-45(50)51-40-36-32-28-24-20-17-16-18-22-26-30-34-38-44(49)46-42(41-47)43(48)37-33-29-25-21-12-10-8-6-4-2/h13-14,33,37,42-43,47-48H,3-12,15-32,34-36,38-41H2,1-2H3,(H,46,49)/b14-13-,37-33+. The van der Waals surface area contributed by atoms with Crippen molar-refractivity contribution in [3.05, 3.63) is 24.3 Å². The molecule has 3 N–H and O–H groups in total. The highest BCUT2D eigenvalue weighted by Crippen LogP contribution is 2.14. The Labute approximate surface area is 316 Å². The van der Waals surface area contributed by atoms with E-state index in [2.05, 4.69) is 31.3 Å². The average Bonchev–Trinajstić information content (AvgIpc) is 3.13. The molecule has 0 aromatic rings. The molecule has 0 aromatic carbocycles. The van der Waals surface area contributed by atoms with E-state index in [9.17, 15) is 19.8 Å². The van der Waals surface area contributed by atoms with Gasteiger partial charge in [-0.1, -0.05) is 179 Å². The van der Waals surface area contributed by atoms with E-state index >= 15 is 0 Å². The van der Waals surface area contributed by atoms with Crippen LogP contribution >= 0.6 is 0 Å². The number of aliphatic hydroxyl groups excluding tert-OH is 2. The van der Waals surface area contributed by atoms with E-state index in [1.807, 2.05) is 6.08 Å². The lowest BCUT2D eigenvalue weighted by atomic mass is 10.0. The number of unbranched alkanes of at least 4 members (excludes halogenated alkanes) is 27. The molecule has 0 aliphatic rings.